The molecule has 2 rings (SSSR count). The van der Waals surface area contributed by atoms with Crippen molar-refractivity contribution in [1.82, 2.24) is 4.98 Å². The number of halogens is 3. The lowest BCUT2D eigenvalue weighted by Crippen LogP contribution is -2.41. The van der Waals surface area contributed by atoms with E-state index >= 15 is 0 Å². The second-order valence-corrected chi connectivity index (χ2v) is 5.23. The number of nitrogens with two attached hydrogens (primary N) is 1. The molecule has 1 aromatic rings. The Balaban J connectivity index is 2.19. The van der Waals surface area contributed by atoms with Crippen LogP contribution < -0.4 is 10.6 Å². The molecular formula is C14H20F3N3. The van der Waals surface area contributed by atoms with E-state index in [4.69, 9.17) is 5.73 Å². The Hall–Kier alpha value is -1.30. The number of hydrogen-bond donors (Lipinski definition) is 1. The summed E-state index contributed by atoms with van der Waals surface area (Å²) >= 11 is 0. The predicted molar refractivity (Wildman–Crippen MR) is 72.5 cm³/mol. The minimum atomic E-state index is -4.40. The maximum atomic E-state index is 12.7. The number of alkyl halides is 3. The molecule has 0 spiro atoms. The molecule has 0 aliphatic heterocycles. The normalized spacial score (nSPS) is 23.6. The molecule has 1 fully saturated rings. The van der Waals surface area contributed by atoms with Gasteiger partial charge in [0.25, 0.3) is 0 Å². The molecule has 1 aromatic heterocycles. The monoisotopic (exact) mass is 287 g/mol. The van der Waals surface area contributed by atoms with Crippen LogP contribution in [0.5, 0.6) is 0 Å². The number of aromatic nitrogens is 1. The summed E-state index contributed by atoms with van der Waals surface area (Å²) in [4.78, 5) is 5.74. The van der Waals surface area contributed by atoms with Gasteiger partial charge in [-0.05, 0) is 44.7 Å². The molecule has 1 heterocycles. The topological polar surface area (TPSA) is 42.2 Å². The fourth-order valence-corrected chi connectivity index (χ4v) is 2.76. The highest BCUT2D eigenvalue weighted by atomic mass is 19.4. The highest BCUT2D eigenvalue weighted by molar-refractivity contribution is 5.41. The highest BCUT2D eigenvalue weighted by Crippen LogP contribution is 2.31. The van der Waals surface area contributed by atoms with Crippen molar-refractivity contribution in [3.63, 3.8) is 0 Å². The van der Waals surface area contributed by atoms with Crippen molar-refractivity contribution >= 4 is 5.82 Å². The van der Waals surface area contributed by atoms with Gasteiger partial charge in [0.1, 0.15) is 11.5 Å². The maximum Gasteiger partial charge on any atom is 0.433 e. The van der Waals surface area contributed by atoms with Crippen LogP contribution in [-0.4, -0.2) is 23.6 Å². The van der Waals surface area contributed by atoms with Crippen LogP contribution in [0.2, 0.25) is 0 Å². The first-order chi connectivity index (χ1) is 9.41. The average molecular weight is 287 g/mol. The van der Waals surface area contributed by atoms with Gasteiger partial charge in [-0.1, -0.05) is 6.07 Å². The lowest BCUT2D eigenvalue weighted by molar-refractivity contribution is -0.141. The number of pyridine rings is 1. The summed E-state index contributed by atoms with van der Waals surface area (Å²) in [6, 6.07) is 4.53. The van der Waals surface area contributed by atoms with Crippen LogP contribution in [0.3, 0.4) is 0 Å². The Morgan fingerprint density at radius 2 is 1.90 bits per heavy atom. The molecule has 112 valence electrons. The van der Waals surface area contributed by atoms with Crippen molar-refractivity contribution in [2.75, 3.05) is 11.4 Å². The van der Waals surface area contributed by atoms with Crippen LogP contribution in [0.25, 0.3) is 0 Å². The molecule has 20 heavy (non-hydrogen) atoms. The quantitative estimate of drug-likeness (QED) is 0.928. The summed E-state index contributed by atoms with van der Waals surface area (Å²) in [7, 11) is 0. The van der Waals surface area contributed by atoms with Gasteiger partial charge >= 0.3 is 6.18 Å². The summed E-state index contributed by atoms with van der Waals surface area (Å²) in [6.45, 7) is 2.59. The van der Waals surface area contributed by atoms with Gasteiger partial charge in [0, 0.05) is 18.6 Å². The molecule has 0 saturated heterocycles. The van der Waals surface area contributed by atoms with E-state index in [1.807, 2.05) is 11.8 Å². The van der Waals surface area contributed by atoms with Crippen molar-refractivity contribution in [2.45, 2.75) is 50.9 Å². The number of anilines is 1. The lowest BCUT2D eigenvalue weighted by Gasteiger charge is -2.36. The summed E-state index contributed by atoms with van der Waals surface area (Å²) in [6.07, 6.45) is -0.746. The van der Waals surface area contributed by atoms with E-state index in [2.05, 4.69) is 4.98 Å². The molecular weight excluding hydrogens is 267 g/mol. The zero-order valence-corrected chi connectivity index (χ0v) is 11.5. The van der Waals surface area contributed by atoms with Gasteiger partial charge in [-0.3, -0.25) is 0 Å². The van der Waals surface area contributed by atoms with Crippen molar-refractivity contribution in [2.24, 2.45) is 5.73 Å². The Bertz CT molecular complexity index is 440. The van der Waals surface area contributed by atoms with Gasteiger partial charge in [0.05, 0.1) is 0 Å². The minimum absolute atomic E-state index is 0.222. The maximum absolute atomic E-state index is 12.7. The van der Waals surface area contributed by atoms with Gasteiger partial charge in [-0.25, -0.2) is 4.98 Å². The predicted octanol–water partition coefficient (Wildman–Crippen LogP) is 3.20. The lowest BCUT2D eigenvalue weighted by atomic mass is 9.90. The smallest absolute Gasteiger partial charge is 0.354 e. The molecule has 1 aliphatic rings. The first-order valence-corrected chi connectivity index (χ1v) is 6.98. The van der Waals surface area contributed by atoms with Crippen LogP contribution in [-0.2, 0) is 6.18 Å². The van der Waals surface area contributed by atoms with Gasteiger partial charge < -0.3 is 10.6 Å². The van der Waals surface area contributed by atoms with Crippen LogP contribution in [0, 0.1) is 0 Å². The Kier molecular flexibility index (Phi) is 4.52. The van der Waals surface area contributed by atoms with E-state index in [1.54, 1.807) is 6.07 Å². The molecule has 0 amide bonds. The Labute approximate surface area is 117 Å². The standard InChI is InChI=1S/C14H20F3N3/c1-2-20(11-8-6-10(18)7-9-11)13-5-3-4-12(19-13)14(15,16)17/h3-5,10-11H,2,6-9,18H2,1H3. The third-order valence-corrected chi connectivity index (χ3v) is 3.84. The third-order valence-electron chi connectivity index (χ3n) is 3.84. The molecule has 0 atom stereocenters. The van der Waals surface area contributed by atoms with E-state index in [0.29, 0.717) is 12.4 Å². The van der Waals surface area contributed by atoms with E-state index in [-0.39, 0.29) is 12.1 Å². The van der Waals surface area contributed by atoms with E-state index in [1.165, 1.54) is 6.07 Å². The Morgan fingerprint density at radius 1 is 1.25 bits per heavy atom. The first kappa shape index (κ1) is 15.1. The van der Waals surface area contributed by atoms with Crippen molar-refractivity contribution < 1.29 is 13.2 Å². The fraction of sp³-hybridized carbons (Fsp3) is 0.643. The number of rotatable bonds is 3. The van der Waals surface area contributed by atoms with Gasteiger partial charge in [-0.15, -0.1) is 0 Å². The van der Waals surface area contributed by atoms with Crippen molar-refractivity contribution in [3.8, 4) is 0 Å². The van der Waals surface area contributed by atoms with Gasteiger partial charge in [0.15, 0.2) is 0 Å². The molecule has 0 radical (unpaired) electrons. The second-order valence-electron chi connectivity index (χ2n) is 5.23. The molecule has 0 bridgehead atoms. The summed E-state index contributed by atoms with van der Waals surface area (Å²) in [5.41, 5.74) is 5.04. The molecule has 1 saturated carbocycles. The number of nitrogens with zero attached hydrogens (tertiary/aromatic N) is 2. The van der Waals surface area contributed by atoms with Gasteiger partial charge in [-0.2, -0.15) is 13.2 Å². The molecule has 3 nitrogen and oxygen atoms in total. The molecule has 6 heteroatoms. The molecule has 0 unspecified atom stereocenters. The van der Waals surface area contributed by atoms with Crippen LogP contribution >= 0.6 is 0 Å². The van der Waals surface area contributed by atoms with Crippen LogP contribution in [0.1, 0.15) is 38.3 Å². The van der Waals surface area contributed by atoms with Crippen molar-refractivity contribution in [1.29, 1.82) is 0 Å². The second kappa shape index (κ2) is 5.99. The first-order valence-electron chi connectivity index (χ1n) is 6.98. The van der Waals surface area contributed by atoms with E-state index in [9.17, 15) is 13.2 Å². The summed E-state index contributed by atoms with van der Waals surface area (Å²) in [5, 5.41) is 0. The zero-order valence-electron chi connectivity index (χ0n) is 11.5. The highest BCUT2D eigenvalue weighted by Gasteiger charge is 2.33. The Morgan fingerprint density at radius 3 is 2.45 bits per heavy atom. The van der Waals surface area contributed by atoms with Gasteiger partial charge in [0.2, 0.25) is 0 Å². The van der Waals surface area contributed by atoms with E-state index in [0.717, 1.165) is 31.7 Å². The minimum Gasteiger partial charge on any atom is -0.354 e. The largest absolute Gasteiger partial charge is 0.433 e. The summed E-state index contributed by atoms with van der Waals surface area (Å²) < 4.78 is 38.2. The SMILES string of the molecule is CCN(c1cccc(C(F)(F)F)n1)C1CCC(N)CC1. The zero-order chi connectivity index (χ0) is 14.8. The average Bonchev–Trinajstić information content (AvgIpc) is 2.41. The fourth-order valence-electron chi connectivity index (χ4n) is 2.76. The van der Waals surface area contributed by atoms with Crippen LogP contribution in [0.4, 0.5) is 19.0 Å². The molecule has 0 aromatic carbocycles. The van der Waals surface area contributed by atoms with Crippen LogP contribution in [0.15, 0.2) is 18.2 Å². The number of hydrogen-bond acceptors (Lipinski definition) is 3. The molecule has 2 N–H and O–H groups in total. The molecule has 1 aliphatic carbocycles. The van der Waals surface area contributed by atoms with E-state index < -0.39 is 11.9 Å². The summed E-state index contributed by atoms with van der Waals surface area (Å²) in [5.74, 6) is 0.405. The van der Waals surface area contributed by atoms with Crippen molar-refractivity contribution in [3.05, 3.63) is 23.9 Å². The third kappa shape index (κ3) is 3.42.